The molecule has 2 N–H and O–H groups in total. The normalized spacial score (nSPS) is 22.9. The zero-order chi connectivity index (χ0) is 18.6. The molecule has 1 aliphatic rings. The van der Waals surface area contributed by atoms with Crippen LogP contribution in [0.2, 0.25) is 0 Å². The zero-order valence-corrected chi connectivity index (χ0v) is 15.9. The average Bonchev–Trinajstić information content (AvgIpc) is 2.98. The van der Waals surface area contributed by atoms with Gasteiger partial charge < -0.3 is 10.2 Å². The van der Waals surface area contributed by atoms with Gasteiger partial charge in [0.2, 0.25) is 0 Å². The number of aliphatic carboxylic acids is 1. The lowest BCUT2D eigenvalue weighted by molar-refractivity contribution is -0.137. The van der Waals surface area contributed by atoms with Gasteiger partial charge in [0.15, 0.2) is 0 Å². The molecular formula is C23H34O3. The Balaban J connectivity index is 1.61. The van der Waals surface area contributed by atoms with Gasteiger partial charge in [-0.1, -0.05) is 61.7 Å². The largest absolute Gasteiger partial charge is 0.481 e. The van der Waals surface area contributed by atoms with Crippen molar-refractivity contribution in [2.24, 2.45) is 11.8 Å². The quantitative estimate of drug-likeness (QED) is 0.390. The van der Waals surface area contributed by atoms with Crippen molar-refractivity contribution in [2.45, 2.75) is 76.7 Å². The molecule has 3 nitrogen and oxygen atoms in total. The number of aryl methyl sites for hydroxylation is 1. The average molecular weight is 359 g/mol. The Kier molecular flexibility index (Phi) is 9.47. The second-order valence-corrected chi connectivity index (χ2v) is 7.65. The third-order valence-corrected chi connectivity index (χ3v) is 5.65. The highest BCUT2D eigenvalue weighted by atomic mass is 16.4. The first-order valence-corrected chi connectivity index (χ1v) is 10.3. The van der Waals surface area contributed by atoms with Crippen molar-refractivity contribution < 1.29 is 15.0 Å². The fraction of sp³-hybridized carbons (Fsp3) is 0.609. The van der Waals surface area contributed by atoms with E-state index in [4.69, 9.17) is 5.11 Å². The maximum atomic E-state index is 10.5. The van der Waals surface area contributed by atoms with Crippen LogP contribution in [-0.4, -0.2) is 22.3 Å². The van der Waals surface area contributed by atoms with Gasteiger partial charge in [-0.3, -0.25) is 4.79 Å². The van der Waals surface area contributed by atoms with Gasteiger partial charge in [0.05, 0.1) is 6.10 Å². The molecule has 3 atom stereocenters. The van der Waals surface area contributed by atoms with E-state index < -0.39 is 5.97 Å². The van der Waals surface area contributed by atoms with Crippen LogP contribution in [0.25, 0.3) is 0 Å². The highest BCUT2D eigenvalue weighted by Crippen LogP contribution is 2.38. The van der Waals surface area contributed by atoms with E-state index in [1.165, 1.54) is 31.2 Å². The molecule has 3 unspecified atom stereocenters. The Morgan fingerprint density at radius 3 is 2.62 bits per heavy atom. The van der Waals surface area contributed by atoms with Crippen molar-refractivity contribution in [3.63, 3.8) is 0 Å². The number of benzene rings is 1. The number of hydrogen-bond acceptors (Lipinski definition) is 2. The van der Waals surface area contributed by atoms with Crippen molar-refractivity contribution in [3.05, 3.63) is 48.0 Å². The first-order valence-electron chi connectivity index (χ1n) is 10.3. The number of carboxylic acids is 1. The third kappa shape index (κ3) is 7.74. The zero-order valence-electron chi connectivity index (χ0n) is 15.9. The van der Waals surface area contributed by atoms with Crippen molar-refractivity contribution in [1.29, 1.82) is 0 Å². The number of allylic oxidation sites excluding steroid dienone is 2. The molecule has 1 aliphatic carbocycles. The molecule has 2 rings (SSSR count). The molecule has 0 saturated heterocycles. The van der Waals surface area contributed by atoms with Crippen molar-refractivity contribution >= 4 is 5.97 Å². The molecule has 0 amide bonds. The van der Waals surface area contributed by atoms with Gasteiger partial charge in [-0.15, -0.1) is 0 Å². The summed E-state index contributed by atoms with van der Waals surface area (Å²) in [7, 11) is 0. The van der Waals surface area contributed by atoms with E-state index >= 15 is 0 Å². The number of carbonyl (C=O) groups is 1. The van der Waals surface area contributed by atoms with Gasteiger partial charge in [0, 0.05) is 6.42 Å². The highest BCUT2D eigenvalue weighted by Gasteiger charge is 2.33. The van der Waals surface area contributed by atoms with Crippen LogP contribution in [0.4, 0.5) is 0 Å². The molecule has 1 aromatic carbocycles. The Morgan fingerprint density at radius 2 is 1.85 bits per heavy atom. The number of hydrogen-bond donors (Lipinski definition) is 2. The van der Waals surface area contributed by atoms with Crippen LogP contribution in [0.3, 0.4) is 0 Å². The van der Waals surface area contributed by atoms with Crippen LogP contribution in [0, 0.1) is 11.8 Å². The predicted octanol–water partition coefficient (Wildman–Crippen LogP) is 5.38. The van der Waals surface area contributed by atoms with Gasteiger partial charge in [0.1, 0.15) is 0 Å². The van der Waals surface area contributed by atoms with Gasteiger partial charge in [0.25, 0.3) is 0 Å². The summed E-state index contributed by atoms with van der Waals surface area (Å²) in [6.07, 6.45) is 15.0. The monoisotopic (exact) mass is 358 g/mol. The predicted molar refractivity (Wildman–Crippen MR) is 106 cm³/mol. The molecule has 0 spiro atoms. The minimum atomic E-state index is -0.725. The highest BCUT2D eigenvalue weighted by molar-refractivity contribution is 5.66. The van der Waals surface area contributed by atoms with Crippen LogP contribution >= 0.6 is 0 Å². The van der Waals surface area contributed by atoms with Gasteiger partial charge in [-0.05, 0) is 62.3 Å². The topological polar surface area (TPSA) is 57.5 Å². The number of carboxylic acid groups (broad SMARTS) is 1. The molecule has 1 fully saturated rings. The van der Waals surface area contributed by atoms with Gasteiger partial charge in [-0.2, -0.15) is 0 Å². The molecule has 0 bridgehead atoms. The summed E-state index contributed by atoms with van der Waals surface area (Å²) in [5, 5.41) is 18.9. The van der Waals surface area contributed by atoms with E-state index in [0.717, 1.165) is 32.1 Å². The Labute approximate surface area is 158 Å². The van der Waals surface area contributed by atoms with Crippen LogP contribution < -0.4 is 0 Å². The maximum Gasteiger partial charge on any atom is 0.303 e. The Bertz CT molecular complexity index is 538. The molecule has 0 aliphatic heterocycles. The van der Waals surface area contributed by atoms with Crippen molar-refractivity contribution in [3.8, 4) is 0 Å². The smallest absolute Gasteiger partial charge is 0.303 e. The van der Waals surface area contributed by atoms with E-state index in [0.29, 0.717) is 18.3 Å². The summed E-state index contributed by atoms with van der Waals surface area (Å²) < 4.78 is 0. The van der Waals surface area contributed by atoms with Crippen LogP contribution in [-0.2, 0) is 11.2 Å². The number of aliphatic hydroxyl groups is 1. The fourth-order valence-corrected chi connectivity index (χ4v) is 4.13. The summed E-state index contributed by atoms with van der Waals surface area (Å²) in [6.45, 7) is 0. The maximum absolute atomic E-state index is 10.5. The lowest BCUT2D eigenvalue weighted by atomic mass is 9.87. The van der Waals surface area contributed by atoms with E-state index in [2.05, 4.69) is 42.5 Å². The molecule has 144 valence electrons. The summed E-state index contributed by atoms with van der Waals surface area (Å²) in [5.41, 5.74) is 1.43. The third-order valence-electron chi connectivity index (χ3n) is 5.65. The second-order valence-electron chi connectivity index (χ2n) is 7.65. The van der Waals surface area contributed by atoms with Gasteiger partial charge in [-0.25, -0.2) is 0 Å². The minimum Gasteiger partial charge on any atom is -0.481 e. The molecule has 0 heterocycles. The summed E-state index contributed by atoms with van der Waals surface area (Å²) >= 11 is 0. The number of unbranched alkanes of at least 4 members (excludes halogenated alkanes) is 3. The molecule has 0 radical (unpaired) electrons. The van der Waals surface area contributed by atoms with E-state index in [-0.39, 0.29) is 12.5 Å². The van der Waals surface area contributed by atoms with E-state index in [1.54, 1.807) is 0 Å². The van der Waals surface area contributed by atoms with E-state index in [1.807, 2.05) is 0 Å². The standard InChI is InChI=1S/C23H34O3/c24-22-18-17-20(21(22)15-9-1-2-10-16-23(25)26)14-8-4-7-13-19-11-5-3-6-12-19/h1,3,5-6,9,11-12,20-22,24H,2,4,7-8,10,13-18H2,(H,25,26)/b9-1-. The van der Waals surface area contributed by atoms with E-state index in [9.17, 15) is 9.90 Å². The Hall–Kier alpha value is -1.61. The molecule has 26 heavy (non-hydrogen) atoms. The van der Waals surface area contributed by atoms with Crippen LogP contribution in [0.15, 0.2) is 42.5 Å². The van der Waals surface area contributed by atoms with Crippen molar-refractivity contribution in [2.75, 3.05) is 0 Å². The molecule has 0 aromatic heterocycles. The summed E-state index contributed by atoms with van der Waals surface area (Å²) in [4.78, 5) is 10.5. The molecule has 3 heteroatoms. The first kappa shape index (κ1) is 20.7. The lowest BCUT2D eigenvalue weighted by Gasteiger charge is -2.20. The second kappa shape index (κ2) is 11.9. The first-order chi connectivity index (χ1) is 12.7. The minimum absolute atomic E-state index is 0.159. The van der Waals surface area contributed by atoms with Crippen LogP contribution in [0.5, 0.6) is 0 Å². The number of aliphatic hydroxyl groups excluding tert-OH is 1. The molecule has 1 saturated carbocycles. The molecule has 1 aromatic rings. The van der Waals surface area contributed by atoms with Gasteiger partial charge >= 0.3 is 5.97 Å². The van der Waals surface area contributed by atoms with Crippen molar-refractivity contribution in [1.82, 2.24) is 0 Å². The number of rotatable bonds is 12. The Morgan fingerprint density at radius 1 is 1.04 bits per heavy atom. The molecular weight excluding hydrogens is 324 g/mol. The van der Waals surface area contributed by atoms with Crippen LogP contribution in [0.1, 0.15) is 69.8 Å². The SMILES string of the molecule is O=C(O)CCC/C=C\CC1C(O)CCC1CCCCCc1ccccc1. The lowest BCUT2D eigenvalue weighted by Crippen LogP contribution is -2.18. The summed E-state index contributed by atoms with van der Waals surface area (Å²) in [6, 6.07) is 10.7. The summed E-state index contributed by atoms with van der Waals surface area (Å²) in [5.74, 6) is 0.308. The fourth-order valence-electron chi connectivity index (χ4n) is 4.13.